The van der Waals surface area contributed by atoms with Gasteiger partial charge >= 0.3 is 5.97 Å². The highest BCUT2D eigenvalue weighted by atomic mass is 32.2. The Hall–Kier alpha value is -2.68. The third kappa shape index (κ3) is 2.90. The summed E-state index contributed by atoms with van der Waals surface area (Å²) in [6.45, 7) is 5.16. The number of carboxylic acid groups (broad SMARTS) is 1. The van der Waals surface area contributed by atoms with Crippen molar-refractivity contribution in [3.63, 3.8) is 0 Å². The summed E-state index contributed by atoms with van der Waals surface area (Å²) in [5, 5.41) is 9.36. The Labute approximate surface area is 163 Å². The second-order valence-corrected chi connectivity index (χ2v) is 9.34. The van der Waals surface area contributed by atoms with E-state index in [2.05, 4.69) is 9.97 Å². The van der Waals surface area contributed by atoms with Crippen LogP contribution in [0, 0.1) is 13.8 Å². The van der Waals surface area contributed by atoms with E-state index in [1.54, 1.807) is 32.2 Å². The summed E-state index contributed by atoms with van der Waals surface area (Å²) >= 11 is 0. The number of aromatic nitrogens is 2. The largest absolute Gasteiger partial charge is 0.481 e. The summed E-state index contributed by atoms with van der Waals surface area (Å²) in [6.07, 6.45) is 4.50. The van der Waals surface area contributed by atoms with Gasteiger partial charge in [0.05, 0.1) is 23.8 Å². The van der Waals surface area contributed by atoms with Crippen LogP contribution in [0.1, 0.15) is 42.5 Å². The van der Waals surface area contributed by atoms with E-state index in [0.717, 1.165) is 12.8 Å². The number of sulfonamides is 1. The molecule has 1 N–H and O–H groups in total. The summed E-state index contributed by atoms with van der Waals surface area (Å²) in [6, 6.07) is 3.17. The molecule has 1 fully saturated rings. The fourth-order valence-corrected chi connectivity index (χ4v) is 5.22. The molecule has 148 valence electrons. The lowest BCUT2D eigenvalue weighted by Gasteiger charge is -2.27. The van der Waals surface area contributed by atoms with Crippen molar-refractivity contribution in [2.45, 2.75) is 50.0 Å². The number of aryl methyl sites for hydroxylation is 1. The summed E-state index contributed by atoms with van der Waals surface area (Å²) in [5.41, 5.74) is 1.40. The van der Waals surface area contributed by atoms with Gasteiger partial charge in [0.15, 0.2) is 0 Å². The van der Waals surface area contributed by atoms with Gasteiger partial charge in [-0.25, -0.2) is 13.4 Å². The first kappa shape index (κ1) is 18.7. The average molecular weight is 403 g/mol. The molecule has 1 aliphatic heterocycles. The van der Waals surface area contributed by atoms with Gasteiger partial charge in [-0.2, -0.15) is 0 Å². The highest BCUT2D eigenvalue weighted by Crippen LogP contribution is 2.47. The number of aliphatic carboxylic acids is 1. The number of fused-ring (bicyclic) bond motifs is 1. The van der Waals surface area contributed by atoms with Crippen LogP contribution < -0.4 is 9.04 Å². The van der Waals surface area contributed by atoms with E-state index in [4.69, 9.17) is 4.74 Å². The van der Waals surface area contributed by atoms with E-state index < -0.39 is 27.5 Å². The van der Waals surface area contributed by atoms with Crippen LogP contribution in [-0.4, -0.2) is 41.6 Å². The molecular weight excluding hydrogens is 382 g/mol. The summed E-state index contributed by atoms with van der Waals surface area (Å²) < 4.78 is 34.4. The zero-order valence-electron chi connectivity index (χ0n) is 15.8. The Kier molecular flexibility index (Phi) is 4.11. The molecule has 1 spiro atoms. The van der Waals surface area contributed by atoms with Crippen LogP contribution in [0.25, 0.3) is 0 Å². The molecular formula is C19H21N3O5S. The lowest BCUT2D eigenvalue weighted by atomic mass is 10.0. The van der Waals surface area contributed by atoms with Crippen molar-refractivity contribution in [2.75, 3.05) is 10.8 Å². The van der Waals surface area contributed by atoms with Gasteiger partial charge in [0.2, 0.25) is 5.88 Å². The summed E-state index contributed by atoms with van der Waals surface area (Å²) in [4.78, 5) is 19.9. The third-order valence-electron chi connectivity index (χ3n) is 5.34. The van der Waals surface area contributed by atoms with Crippen LogP contribution in [0.4, 0.5) is 5.69 Å². The van der Waals surface area contributed by atoms with Gasteiger partial charge in [-0.05, 0) is 56.9 Å². The highest BCUT2D eigenvalue weighted by molar-refractivity contribution is 7.93. The minimum absolute atomic E-state index is 0.0281. The van der Waals surface area contributed by atoms with Crippen molar-refractivity contribution in [1.82, 2.24) is 9.97 Å². The first-order valence-electron chi connectivity index (χ1n) is 9.01. The predicted molar refractivity (Wildman–Crippen MR) is 101 cm³/mol. The number of ether oxygens (including phenoxy) is 1. The number of nitrogens with zero attached hydrogens (tertiary/aromatic N) is 3. The molecule has 0 saturated heterocycles. The van der Waals surface area contributed by atoms with Crippen molar-refractivity contribution in [3.05, 3.63) is 41.3 Å². The van der Waals surface area contributed by atoms with Gasteiger partial charge in [-0.1, -0.05) is 0 Å². The number of carbonyl (C=O) groups is 1. The SMILES string of the molecule is Cc1cnc2c(c1)S(=O)(=O)N(c1ccnc(C(C)C(=O)O)c1C)CC1(CC1)O2. The Morgan fingerprint density at radius 2 is 2.04 bits per heavy atom. The summed E-state index contributed by atoms with van der Waals surface area (Å²) in [5.74, 6) is -1.74. The van der Waals surface area contributed by atoms with Gasteiger partial charge in [0.25, 0.3) is 10.0 Å². The molecule has 2 aromatic heterocycles. The molecule has 3 heterocycles. The van der Waals surface area contributed by atoms with Crippen LogP contribution in [0.3, 0.4) is 0 Å². The van der Waals surface area contributed by atoms with Crippen LogP contribution in [0.5, 0.6) is 5.88 Å². The van der Waals surface area contributed by atoms with Gasteiger partial charge in [-0.15, -0.1) is 0 Å². The highest BCUT2D eigenvalue weighted by Gasteiger charge is 2.53. The minimum atomic E-state index is -3.94. The van der Waals surface area contributed by atoms with Crippen molar-refractivity contribution in [1.29, 1.82) is 0 Å². The molecule has 0 aromatic carbocycles. The van der Waals surface area contributed by atoms with Gasteiger partial charge < -0.3 is 9.84 Å². The topological polar surface area (TPSA) is 110 Å². The Balaban J connectivity index is 1.90. The quantitative estimate of drug-likeness (QED) is 0.838. The van der Waals surface area contributed by atoms with Crippen LogP contribution in [0.2, 0.25) is 0 Å². The monoisotopic (exact) mass is 403 g/mol. The van der Waals surface area contributed by atoms with E-state index in [-0.39, 0.29) is 17.3 Å². The fraction of sp³-hybridized carbons (Fsp3) is 0.421. The van der Waals surface area contributed by atoms with E-state index in [0.29, 0.717) is 22.5 Å². The smallest absolute Gasteiger partial charge is 0.312 e. The third-order valence-corrected chi connectivity index (χ3v) is 7.09. The van der Waals surface area contributed by atoms with Crippen LogP contribution in [-0.2, 0) is 14.8 Å². The second kappa shape index (κ2) is 6.16. The maximum absolute atomic E-state index is 13.5. The molecule has 28 heavy (non-hydrogen) atoms. The average Bonchev–Trinajstić information content (AvgIpc) is 3.41. The predicted octanol–water partition coefficient (Wildman–Crippen LogP) is 2.40. The number of hydrogen-bond acceptors (Lipinski definition) is 6. The zero-order chi connectivity index (χ0) is 20.3. The molecule has 0 radical (unpaired) electrons. The number of rotatable bonds is 3. The number of anilines is 1. The first-order chi connectivity index (χ1) is 13.1. The van der Waals surface area contributed by atoms with Gasteiger partial charge in [0.1, 0.15) is 10.5 Å². The second-order valence-electron chi connectivity index (χ2n) is 7.51. The maximum Gasteiger partial charge on any atom is 0.312 e. The lowest BCUT2D eigenvalue weighted by Crippen LogP contribution is -2.39. The maximum atomic E-state index is 13.5. The molecule has 8 nitrogen and oxygen atoms in total. The molecule has 1 saturated carbocycles. The zero-order valence-corrected chi connectivity index (χ0v) is 16.7. The normalized spacial score (nSPS) is 20.0. The molecule has 0 bridgehead atoms. The Morgan fingerprint density at radius 3 is 2.68 bits per heavy atom. The van der Waals surface area contributed by atoms with Gasteiger partial charge in [-0.3, -0.25) is 14.1 Å². The Bertz CT molecular complexity index is 1080. The van der Waals surface area contributed by atoms with E-state index in [9.17, 15) is 18.3 Å². The lowest BCUT2D eigenvalue weighted by molar-refractivity contribution is -0.138. The molecule has 0 amide bonds. The van der Waals surface area contributed by atoms with Crippen LogP contribution >= 0.6 is 0 Å². The fourth-order valence-electron chi connectivity index (χ4n) is 3.47. The van der Waals surface area contributed by atoms with E-state index in [1.165, 1.54) is 17.4 Å². The van der Waals surface area contributed by atoms with E-state index >= 15 is 0 Å². The first-order valence-corrected chi connectivity index (χ1v) is 10.5. The molecule has 2 aliphatic rings. The van der Waals surface area contributed by atoms with Crippen molar-refractivity contribution in [3.8, 4) is 5.88 Å². The number of hydrogen-bond donors (Lipinski definition) is 1. The van der Waals surface area contributed by atoms with Crippen molar-refractivity contribution in [2.24, 2.45) is 0 Å². The molecule has 4 rings (SSSR count). The molecule has 1 unspecified atom stereocenters. The van der Waals surface area contributed by atoms with Crippen LogP contribution in [0.15, 0.2) is 29.4 Å². The number of carboxylic acids is 1. The van der Waals surface area contributed by atoms with Gasteiger partial charge in [0, 0.05) is 12.4 Å². The van der Waals surface area contributed by atoms with Crippen molar-refractivity contribution >= 4 is 21.7 Å². The number of pyridine rings is 2. The molecule has 1 atom stereocenters. The standard InChI is InChI=1S/C19H21N3O5S/c1-11-8-15-17(21-9-11)27-19(5-6-19)10-22(28(15,25)26)14-4-7-20-16(12(14)2)13(3)18(23)24/h4,7-9,13H,5-6,10H2,1-3H3,(H,23,24). The van der Waals surface area contributed by atoms with Crippen molar-refractivity contribution < 1.29 is 23.1 Å². The Morgan fingerprint density at radius 1 is 1.32 bits per heavy atom. The molecule has 1 aliphatic carbocycles. The van der Waals surface area contributed by atoms with E-state index in [1.807, 2.05) is 0 Å². The molecule has 9 heteroatoms. The molecule has 2 aromatic rings. The minimum Gasteiger partial charge on any atom is -0.481 e. The summed E-state index contributed by atoms with van der Waals surface area (Å²) in [7, 11) is -3.94.